The van der Waals surface area contributed by atoms with Crippen molar-refractivity contribution in [3.8, 4) is 11.5 Å². The topological polar surface area (TPSA) is 50.4 Å². The number of H-pyrrole nitrogens is 1. The molecule has 0 amide bonds. The first-order chi connectivity index (χ1) is 11.7. The van der Waals surface area contributed by atoms with E-state index in [0.717, 1.165) is 37.2 Å². The highest BCUT2D eigenvalue weighted by atomic mass is 19.3. The first-order valence-electron chi connectivity index (χ1n) is 7.99. The molecule has 1 aliphatic heterocycles. The van der Waals surface area contributed by atoms with Crippen LogP contribution in [-0.4, -0.2) is 41.9 Å². The second-order valence-electron chi connectivity index (χ2n) is 5.89. The van der Waals surface area contributed by atoms with Crippen LogP contribution in [0.4, 0.5) is 8.78 Å². The van der Waals surface area contributed by atoms with Crippen molar-refractivity contribution in [1.29, 1.82) is 0 Å². The maximum absolute atomic E-state index is 12.7. The summed E-state index contributed by atoms with van der Waals surface area (Å²) in [6.07, 6.45) is 3.79. The van der Waals surface area contributed by atoms with Gasteiger partial charge in [0, 0.05) is 29.9 Å². The van der Waals surface area contributed by atoms with Gasteiger partial charge in [0.05, 0.1) is 7.11 Å². The van der Waals surface area contributed by atoms with E-state index >= 15 is 0 Å². The van der Waals surface area contributed by atoms with Crippen molar-refractivity contribution in [2.75, 3.05) is 20.2 Å². The van der Waals surface area contributed by atoms with Gasteiger partial charge in [-0.2, -0.15) is 13.9 Å². The third-order valence-electron chi connectivity index (χ3n) is 4.43. The number of methoxy groups -OCH3 is 1. The highest BCUT2D eigenvalue weighted by Gasteiger charge is 2.23. The van der Waals surface area contributed by atoms with Crippen molar-refractivity contribution < 1.29 is 18.3 Å². The highest BCUT2D eigenvalue weighted by Crippen LogP contribution is 2.34. The van der Waals surface area contributed by atoms with Crippen LogP contribution < -0.4 is 9.47 Å². The van der Waals surface area contributed by atoms with Gasteiger partial charge in [-0.05, 0) is 38.1 Å². The second kappa shape index (κ2) is 7.61. The number of aromatic nitrogens is 2. The smallest absolute Gasteiger partial charge is 0.387 e. The number of aromatic amines is 1. The molecule has 3 rings (SSSR count). The number of nitrogens with zero attached hydrogens (tertiary/aromatic N) is 2. The van der Waals surface area contributed by atoms with Gasteiger partial charge in [-0.15, -0.1) is 0 Å². The molecule has 1 saturated heterocycles. The standard InChI is InChI=1S/C17H21F2N3O2/c1-23-15-4-2-3-13(16(15)24-17(18)19)11-22-9-6-12(7-10-22)14-5-8-20-21-14/h2-5,8,12,17H,6-7,9-11H2,1H3,(H,20,21). The molecule has 1 aromatic carbocycles. The van der Waals surface area contributed by atoms with Crippen LogP contribution in [0.3, 0.4) is 0 Å². The molecule has 0 atom stereocenters. The SMILES string of the molecule is COc1cccc(CN2CCC(c3ccn[nH]3)CC2)c1OC(F)F. The molecule has 1 N–H and O–H groups in total. The summed E-state index contributed by atoms with van der Waals surface area (Å²) in [5.74, 6) is 0.941. The minimum Gasteiger partial charge on any atom is -0.493 e. The minimum absolute atomic E-state index is 0.130. The van der Waals surface area contributed by atoms with Crippen molar-refractivity contribution in [2.45, 2.75) is 31.9 Å². The molecule has 2 aromatic rings. The molecule has 0 bridgehead atoms. The lowest BCUT2D eigenvalue weighted by molar-refractivity contribution is -0.0522. The zero-order chi connectivity index (χ0) is 16.9. The average Bonchev–Trinajstić information content (AvgIpc) is 3.11. The molecule has 7 heteroatoms. The summed E-state index contributed by atoms with van der Waals surface area (Å²) in [7, 11) is 1.45. The summed E-state index contributed by atoms with van der Waals surface area (Å²) < 4.78 is 35.3. The summed E-state index contributed by atoms with van der Waals surface area (Å²) in [6, 6.07) is 7.24. The van der Waals surface area contributed by atoms with E-state index in [0.29, 0.717) is 18.2 Å². The largest absolute Gasteiger partial charge is 0.493 e. The number of halogens is 2. The Bertz CT molecular complexity index is 641. The lowest BCUT2D eigenvalue weighted by Crippen LogP contribution is -2.32. The summed E-state index contributed by atoms with van der Waals surface area (Å²) in [5.41, 5.74) is 1.88. The molecule has 24 heavy (non-hydrogen) atoms. The van der Waals surface area contributed by atoms with Gasteiger partial charge in [-0.3, -0.25) is 10.00 Å². The zero-order valence-electron chi connectivity index (χ0n) is 13.5. The van der Waals surface area contributed by atoms with Crippen LogP contribution in [-0.2, 0) is 6.54 Å². The number of piperidine rings is 1. The van der Waals surface area contributed by atoms with E-state index < -0.39 is 6.61 Å². The Morgan fingerprint density at radius 1 is 1.29 bits per heavy atom. The molecular formula is C17H21F2N3O2. The van der Waals surface area contributed by atoms with Crippen molar-refractivity contribution in [1.82, 2.24) is 15.1 Å². The Morgan fingerprint density at radius 3 is 2.71 bits per heavy atom. The van der Waals surface area contributed by atoms with Gasteiger partial charge in [0.2, 0.25) is 0 Å². The van der Waals surface area contributed by atoms with E-state index in [2.05, 4.69) is 15.1 Å². The maximum Gasteiger partial charge on any atom is 0.387 e. The molecule has 0 saturated carbocycles. The first-order valence-corrected chi connectivity index (χ1v) is 7.99. The lowest BCUT2D eigenvalue weighted by Gasteiger charge is -2.31. The van der Waals surface area contributed by atoms with Crippen molar-refractivity contribution in [2.24, 2.45) is 0 Å². The quantitative estimate of drug-likeness (QED) is 0.878. The number of benzene rings is 1. The minimum atomic E-state index is -2.87. The maximum atomic E-state index is 12.7. The number of alkyl halides is 2. The average molecular weight is 337 g/mol. The number of rotatable bonds is 6. The lowest BCUT2D eigenvalue weighted by atomic mass is 9.93. The van der Waals surface area contributed by atoms with Crippen LogP contribution in [0, 0.1) is 0 Å². The van der Waals surface area contributed by atoms with Gasteiger partial charge in [-0.25, -0.2) is 0 Å². The van der Waals surface area contributed by atoms with Crippen LogP contribution in [0.25, 0.3) is 0 Å². The Balaban J connectivity index is 1.66. The number of ether oxygens (including phenoxy) is 2. The molecule has 130 valence electrons. The van der Waals surface area contributed by atoms with Crippen molar-refractivity contribution >= 4 is 0 Å². The number of nitrogens with one attached hydrogen (secondary N) is 1. The van der Waals surface area contributed by atoms with Gasteiger partial charge < -0.3 is 9.47 Å². The van der Waals surface area contributed by atoms with E-state index in [1.165, 1.54) is 7.11 Å². The van der Waals surface area contributed by atoms with Crippen LogP contribution in [0.2, 0.25) is 0 Å². The molecule has 5 nitrogen and oxygen atoms in total. The fourth-order valence-corrected chi connectivity index (χ4v) is 3.21. The fourth-order valence-electron chi connectivity index (χ4n) is 3.21. The van der Waals surface area contributed by atoms with Gasteiger partial charge in [-0.1, -0.05) is 12.1 Å². The second-order valence-corrected chi connectivity index (χ2v) is 5.89. The van der Waals surface area contributed by atoms with E-state index in [1.54, 1.807) is 24.4 Å². The predicted molar refractivity (Wildman–Crippen MR) is 85.5 cm³/mol. The Morgan fingerprint density at radius 2 is 2.08 bits per heavy atom. The normalized spacial score (nSPS) is 16.5. The van der Waals surface area contributed by atoms with Crippen LogP contribution in [0.15, 0.2) is 30.5 Å². The number of hydrogen-bond acceptors (Lipinski definition) is 4. The molecule has 2 heterocycles. The number of likely N-dealkylation sites (tertiary alicyclic amines) is 1. The molecule has 0 unspecified atom stereocenters. The molecule has 0 aliphatic carbocycles. The highest BCUT2D eigenvalue weighted by molar-refractivity contribution is 5.46. The summed E-state index contributed by atoms with van der Waals surface area (Å²) in [6.45, 7) is -0.509. The van der Waals surface area contributed by atoms with Crippen LogP contribution in [0.5, 0.6) is 11.5 Å². The fraction of sp³-hybridized carbons (Fsp3) is 0.471. The first kappa shape index (κ1) is 16.7. The number of hydrogen-bond donors (Lipinski definition) is 1. The van der Waals surface area contributed by atoms with Gasteiger partial charge in [0.25, 0.3) is 0 Å². The molecular weight excluding hydrogens is 316 g/mol. The Kier molecular flexibility index (Phi) is 5.30. The molecule has 0 spiro atoms. The zero-order valence-corrected chi connectivity index (χ0v) is 13.5. The molecule has 1 fully saturated rings. The van der Waals surface area contributed by atoms with E-state index in [4.69, 9.17) is 9.47 Å². The van der Waals surface area contributed by atoms with E-state index in [1.807, 2.05) is 6.07 Å². The van der Waals surface area contributed by atoms with Gasteiger partial charge >= 0.3 is 6.61 Å². The Hall–Kier alpha value is -2.15. The third-order valence-corrected chi connectivity index (χ3v) is 4.43. The van der Waals surface area contributed by atoms with Crippen LogP contribution >= 0.6 is 0 Å². The Labute approximate surface area is 139 Å². The summed E-state index contributed by atoms with van der Waals surface area (Å²) in [4.78, 5) is 2.25. The monoisotopic (exact) mass is 337 g/mol. The summed E-state index contributed by atoms with van der Waals surface area (Å²) >= 11 is 0. The van der Waals surface area contributed by atoms with Crippen LogP contribution in [0.1, 0.15) is 30.0 Å². The molecule has 1 aromatic heterocycles. The summed E-state index contributed by atoms with van der Waals surface area (Å²) in [5, 5.41) is 7.03. The van der Waals surface area contributed by atoms with Gasteiger partial charge in [0.15, 0.2) is 11.5 Å². The van der Waals surface area contributed by atoms with E-state index in [9.17, 15) is 8.78 Å². The number of para-hydroxylation sites is 1. The molecule has 0 radical (unpaired) electrons. The van der Waals surface area contributed by atoms with E-state index in [-0.39, 0.29) is 5.75 Å². The van der Waals surface area contributed by atoms with Crippen molar-refractivity contribution in [3.05, 3.63) is 41.7 Å². The molecule has 1 aliphatic rings. The van der Waals surface area contributed by atoms with Crippen molar-refractivity contribution in [3.63, 3.8) is 0 Å². The van der Waals surface area contributed by atoms with Gasteiger partial charge in [0.1, 0.15) is 0 Å². The predicted octanol–water partition coefficient (Wildman–Crippen LogP) is 3.40. The third kappa shape index (κ3) is 3.84.